The van der Waals surface area contributed by atoms with Gasteiger partial charge in [-0.15, -0.1) is 0 Å². The normalized spacial score (nSPS) is 13.3. The highest BCUT2D eigenvalue weighted by Crippen LogP contribution is 2.35. The maximum Gasteiger partial charge on any atom is 0.338 e. The second-order valence-electron chi connectivity index (χ2n) is 8.43. The number of benzene rings is 2. The van der Waals surface area contributed by atoms with Crippen LogP contribution in [0.4, 0.5) is 10.5 Å². The van der Waals surface area contributed by atoms with E-state index < -0.39 is 40.1 Å². The zero-order valence-corrected chi connectivity index (χ0v) is 19.9. The maximum atomic E-state index is 13.3. The summed E-state index contributed by atoms with van der Waals surface area (Å²) in [6.07, 6.45) is 0.562. The molecular formula is C22H24ClN3O6S. The van der Waals surface area contributed by atoms with Crippen molar-refractivity contribution >= 4 is 45.2 Å². The van der Waals surface area contributed by atoms with Crippen molar-refractivity contribution in [3.63, 3.8) is 0 Å². The van der Waals surface area contributed by atoms with Gasteiger partial charge in [-0.05, 0) is 57.0 Å². The molecule has 3 amide bonds. The lowest BCUT2D eigenvalue weighted by molar-refractivity contribution is -0.123. The van der Waals surface area contributed by atoms with Crippen molar-refractivity contribution in [3.05, 3.63) is 58.6 Å². The molecule has 0 saturated heterocycles. The van der Waals surface area contributed by atoms with Crippen LogP contribution >= 0.6 is 11.6 Å². The number of nitrogens with one attached hydrogen (secondary N) is 2. The Labute approximate surface area is 197 Å². The Morgan fingerprint density at radius 1 is 1.12 bits per heavy atom. The molecule has 9 nitrogen and oxygen atoms in total. The van der Waals surface area contributed by atoms with E-state index in [1.165, 1.54) is 16.4 Å². The van der Waals surface area contributed by atoms with Crippen molar-refractivity contribution in [2.75, 3.05) is 17.5 Å². The first kappa shape index (κ1) is 24.5. The lowest BCUT2D eigenvalue weighted by Gasteiger charge is -2.20. The summed E-state index contributed by atoms with van der Waals surface area (Å²) in [6, 6.07) is 10.1. The number of hydrogen-bond acceptors (Lipinski definition) is 6. The van der Waals surface area contributed by atoms with E-state index in [1.54, 1.807) is 32.9 Å². The van der Waals surface area contributed by atoms with Gasteiger partial charge in [0.15, 0.2) is 6.61 Å². The molecule has 1 aliphatic rings. The summed E-state index contributed by atoms with van der Waals surface area (Å²) in [5.74, 6) is -1.77. The second kappa shape index (κ2) is 9.40. The predicted octanol–water partition coefficient (Wildman–Crippen LogP) is 2.87. The van der Waals surface area contributed by atoms with Crippen LogP contribution < -0.4 is 14.9 Å². The van der Waals surface area contributed by atoms with E-state index in [9.17, 15) is 22.8 Å². The summed E-state index contributed by atoms with van der Waals surface area (Å²) in [5.41, 5.74) is 0.806. The molecule has 0 aromatic heterocycles. The topological polar surface area (TPSA) is 122 Å². The zero-order chi connectivity index (χ0) is 24.4. The Morgan fingerprint density at radius 3 is 2.52 bits per heavy atom. The quantitative estimate of drug-likeness (QED) is 0.617. The van der Waals surface area contributed by atoms with Crippen molar-refractivity contribution in [2.24, 2.45) is 0 Å². The predicted molar refractivity (Wildman–Crippen MR) is 123 cm³/mol. The number of ether oxygens (including phenoxy) is 1. The number of halogens is 1. The number of imide groups is 1. The largest absolute Gasteiger partial charge is 0.452 e. The van der Waals surface area contributed by atoms with Gasteiger partial charge in [-0.25, -0.2) is 18.0 Å². The van der Waals surface area contributed by atoms with Gasteiger partial charge in [0.2, 0.25) is 0 Å². The number of sulfonamides is 1. The van der Waals surface area contributed by atoms with E-state index in [1.807, 2.05) is 17.4 Å². The molecule has 2 aromatic carbocycles. The molecule has 3 rings (SSSR count). The van der Waals surface area contributed by atoms with Crippen molar-refractivity contribution in [1.29, 1.82) is 0 Å². The maximum absolute atomic E-state index is 13.3. The number of amides is 3. The fraction of sp³-hybridized carbons (Fsp3) is 0.318. The average Bonchev–Trinajstić information content (AvgIpc) is 3.15. The highest BCUT2D eigenvalue weighted by atomic mass is 35.5. The number of nitrogens with zero attached hydrogens (tertiary/aromatic N) is 1. The molecule has 2 N–H and O–H groups in total. The third-order valence-corrected chi connectivity index (χ3v) is 6.95. The molecule has 0 atom stereocenters. The van der Waals surface area contributed by atoms with Crippen molar-refractivity contribution in [3.8, 4) is 0 Å². The first-order valence-corrected chi connectivity index (χ1v) is 11.9. The molecule has 0 unspecified atom stereocenters. The van der Waals surface area contributed by atoms with Crippen LogP contribution in [-0.2, 0) is 26.0 Å². The standard InChI is InChI=1S/C22H24ClN3O6S/c1-22(2,3)25-21(29)24-19(27)13-32-20(28)15-8-9-16(23)18(12-15)33(30,31)26-11-10-14-6-4-5-7-17(14)26/h4-9,12H,10-11,13H2,1-3H3,(H2,24,25,27,29). The number of rotatable bonds is 5. The lowest BCUT2D eigenvalue weighted by Crippen LogP contribution is -2.49. The van der Waals surface area contributed by atoms with Crippen molar-refractivity contribution in [1.82, 2.24) is 10.6 Å². The number of hydrogen-bond donors (Lipinski definition) is 2. The summed E-state index contributed by atoms with van der Waals surface area (Å²) in [5, 5.41) is 4.53. The van der Waals surface area contributed by atoms with Gasteiger partial charge in [0.1, 0.15) is 4.90 Å². The molecule has 1 heterocycles. The van der Waals surface area contributed by atoms with Crippen LogP contribution in [0.2, 0.25) is 5.02 Å². The fourth-order valence-corrected chi connectivity index (χ4v) is 5.26. The summed E-state index contributed by atoms with van der Waals surface area (Å²) in [6.45, 7) is 4.75. The Balaban J connectivity index is 1.72. The van der Waals surface area contributed by atoms with Gasteiger partial charge in [0, 0.05) is 12.1 Å². The van der Waals surface area contributed by atoms with Gasteiger partial charge >= 0.3 is 12.0 Å². The monoisotopic (exact) mass is 493 g/mol. The Bertz CT molecular complexity index is 1210. The SMILES string of the molecule is CC(C)(C)NC(=O)NC(=O)COC(=O)c1ccc(Cl)c(S(=O)(=O)N2CCc3ccccc32)c1. The third kappa shape index (κ3) is 5.82. The van der Waals surface area contributed by atoms with Gasteiger partial charge in [-0.2, -0.15) is 0 Å². The van der Waals surface area contributed by atoms with Crippen LogP contribution in [0.3, 0.4) is 0 Å². The van der Waals surface area contributed by atoms with Crippen LogP contribution in [-0.4, -0.2) is 45.0 Å². The Morgan fingerprint density at radius 2 is 1.82 bits per heavy atom. The summed E-state index contributed by atoms with van der Waals surface area (Å²) < 4.78 is 32.7. The van der Waals surface area contributed by atoms with Gasteiger partial charge in [-0.1, -0.05) is 29.8 Å². The number of fused-ring (bicyclic) bond motifs is 1. The minimum atomic E-state index is -4.04. The van der Waals surface area contributed by atoms with E-state index >= 15 is 0 Å². The molecule has 0 bridgehead atoms. The summed E-state index contributed by atoms with van der Waals surface area (Å²) in [7, 11) is -4.04. The molecule has 11 heteroatoms. The minimum Gasteiger partial charge on any atom is -0.452 e. The van der Waals surface area contributed by atoms with Crippen molar-refractivity contribution in [2.45, 2.75) is 37.6 Å². The van der Waals surface area contributed by atoms with Crippen LogP contribution in [0.1, 0.15) is 36.7 Å². The van der Waals surface area contributed by atoms with E-state index in [4.69, 9.17) is 16.3 Å². The van der Waals surface area contributed by atoms with E-state index in [-0.39, 0.29) is 22.0 Å². The zero-order valence-electron chi connectivity index (χ0n) is 18.3. The van der Waals surface area contributed by atoms with Crippen molar-refractivity contribution < 1.29 is 27.5 Å². The van der Waals surface area contributed by atoms with Gasteiger partial charge in [-0.3, -0.25) is 14.4 Å². The molecule has 0 saturated carbocycles. The summed E-state index contributed by atoms with van der Waals surface area (Å²) >= 11 is 6.16. The molecule has 0 fully saturated rings. The fourth-order valence-electron chi connectivity index (χ4n) is 3.25. The smallest absolute Gasteiger partial charge is 0.338 e. The second-order valence-corrected chi connectivity index (χ2v) is 10.7. The summed E-state index contributed by atoms with van der Waals surface area (Å²) in [4.78, 5) is 35.8. The van der Waals surface area contributed by atoms with Crippen LogP contribution in [0, 0.1) is 0 Å². The third-order valence-electron chi connectivity index (χ3n) is 4.66. The van der Waals surface area contributed by atoms with Gasteiger partial charge in [0.05, 0.1) is 16.3 Å². The molecule has 0 radical (unpaired) electrons. The lowest BCUT2D eigenvalue weighted by atomic mass is 10.1. The van der Waals surface area contributed by atoms with Crippen LogP contribution in [0.25, 0.3) is 0 Å². The van der Waals surface area contributed by atoms with Crippen LogP contribution in [0.5, 0.6) is 0 Å². The van der Waals surface area contributed by atoms with Gasteiger partial charge < -0.3 is 10.1 Å². The van der Waals surface area contributed by atoms with Gasteiger partial charge in [0.25, 0.3) is 15.9 Å². The van der Waals surface area contributed by atoms with E-state index in [2.05, 4.69) is 5.32 Å². The first-order valence-electron chi connectivity index (χ1n) is 10.1. The molecule has 1 aliphatic heterocycles. The number of anilines is 1. The minimum absolute atomic E-state index is 0.0486. The number of esters is 1. The Kier molecular flexibility index (Phi) is 6.99. The molecule has 33 heavy (non-hydrogen) atoms. The number of carbonyl (C=O) groups excluding carboxylic acids is 3. The average molecular weight is 494 g/mol. The van der Waals surface area contributed by atoms with E-state index in [0.29, 0.717) is 12.1 Å². The first-order chi connectivity index (χ1) is 15.4. The molecule has 0 aliphatic carbocycles. The molecule has 2 aromatic rings. The highest BCUT2D eigenvalue weighted by Gasteiger charge is 2.32. The molecule has 0 spiro atoms. The van der Waals surface area contributed by atoms with Crippen LogP contribution in [0.15, 0.2) is 47.4 Å². The number of para-hydroxylation sites is 1. The number of carbonyl (C=O) groups is 3. The number of urea groups is 1. The molecule has 176 valence electrons. The molecular weight excluding hydrogens is 470 g/mol. The highest BCUT2D eigenvalue weighted by molar-refractivity contribution is 7.93. The van der Waals surface area contributed by atoms with E-state index in [0.717, 1.165) is 11.6 Å². The Hall–Kier alpha value is -3.11.